The fraction of sp³-hybridized carbons (Fsp3) is 0.360. The highest BCUT2D eigenvalue weighted by molar-refractivity contribution is 6.02. The van der Waals surface area contributed by atoms with E-state index in [1.54, 1.807) is 12.1 Å². The molecule has 0 amide bonds. The SMILES string of the molecule is Nc1nonc1-c1nc2cc(F)ccc2n1C1CCC2(CC1)CC(=O)c1ccc(OCCO)cc12. The second kappa shape index (κ2) is 8.16. The van der Waals surface area contributed by atoms with Gasteiger partial charge in [0.1, 0.15) is 18.2 Å². The molecule has 2 aliphatic rings. The molecule has 2 aromatic carbocycles. The van der Waals surface area contributed by atoms with E-state index in [0.717, 1.165) is 42.3 Å². The number of imidazole rings is 1. The Hall–Kier alpha value is -3.79. The molecule has 1 fully saturated rings. The van der Waals surface area contributed by atoms with E-state index in [1.807, 2.05) is 12.1 Å². The number of hydrogen-bond donors (Lipinski definition) is 2. The summed E-state index contributed by atoms with van der Waals surface area (Å²) < 4.78 is 26.4. The van der Waals surface area contributed by atoms with Crippen molar-refractivity contribution in [3.63, 3.8) is 0 Å². The van der Waals surface area contributed by atoms with Gasteiger partial charge in [0.15, 0.2) is 23.1 Å². The second-order valence-electron chi connectivity index (χ2n) is 9.33. The number of carbonyl (C=O) groups is 1. The zero-order valence-electron chi connectivity index (χ0n) is 18.9. The Balaban J connectivity index is 1.35. The molecule has 3 N–H and O–H groups in total. The van der Waals surface area contributed by atoms with Gasteiger partial charge in [0, 0.05) is 29.5 Å². The van der Waals surface area contributed by atoms with Gasteiger partial charge >= 0.3 is 0 Å². The third-order valence-electron chi connectivity index (χ3n) is 7.38. The summed E-state index contributed by atoms with van der Waals surface area (Å²) in [6.07, 6.45) is 3.64. The summed E-state index contributed by atoms with van der Waals surface area (Å²) in [6.45, 7) is 0.137. The lowest BCUT2D eigenvalue weighted by atomic mass is 9.69. The maximum atomic E-state index is 14.0. The van der Waals surface area contributed by atoms with Crippen molar-refractivity contribution in [2.45, 2.75) is 43.6 Å². The minimum Gasteiger partial charge on any atom is -0.491 e. The maximum absolute atomic E-state index is 14.0. The van der Waals surface area contributed by atoms with Crippen LogP contribution in [0, 0.1) is 5.82 Å². The van der Waals surface area contributed by atoms with Crippen LogP contribution in [0.3, 0.4) is 0 Å². The van der Waals surface area contributed by atoms with Crippen molar-refractivity contribution >= 4 is 22.6 Å². The molecule has 0 saturated heterocycles. The monoisotopic (exact) mass is 477 g/mol. The third-order valence-corrected chi connectivity index (χ3v) is 7.38. The molecule has 9 nitrogen and oxygen atoms in total. The van der Waals surface area contributed by atoms with Crippen LogP contribution in [0.15, 0.2) is 41.0 Å². The van der Waals surface area contributed by atoms with E-state index in [-0.39, 0.29) is 42.1 Å². The van der Waals surface area contributed by atoms with Crippen molar-refractivity contribution in [1.82, 2.24) is 19.9 Å². The number of hydrogen-bond acceptors (Lipinski definition) is 8. The minimum atomic E-state index is -0.372. The number of aromatic nitrogens is 4. The van der Waals surface area contributed by atoms with Crippen LogP contribution in [0.5, 0.6) is 5.75 Å². The van der Waals surface area contributed by atoms with E-state index in [0.29, 0.717) is 29.2 Å². The molecule has 180 valence electrons. The van der Waals surface area contributed by atoms with Gasteiger partial charge in [0.25, 0.3) is 0 Å². The Bertz CT molecular complexity index is 1440. The van der Waals surface area contributed by atoms with Crippen molar-refractivity contribution in [2.75, 3.05) is 18.9 Å². The Morgan fingerprint density at radius 2 is 2.03 bits per heavy atom. The van der Waals surface area contributed by atoms with Crippen LogP contribution in [0.25, 0.3) is 22.6 Å². The second-order valence-corrected chi connectivity index (χ2v) is 9.33. The van der Waals surface area contributed by atoms with E-state index >= 15 is 0 Å². The lowest BCUT2D eigenvalue weighted by molar-refractivity contribution is 0.0955. The van der Waals surface area contributed by atoms with Gasteiger partial charge in [-0.2, -0.15) is 0 Å². The van der Waals surface area contributed by atoms with Gasteiger partial charge < -0.3 is 20.1 Å². The number of carbonyl (C=O) groups excluding carboxylic acids is 1. The normalized spacial score (nSPS) is 21.7. The number of fused-ring (bicyclic) bond motifs is 3. The average molecular weight is 477 g/mol. The number of halogens is 1. The molecule has 0 aliphatic heterocycles. The third kappa shape index (κ3) is 3.47. The first-order chi connectivity index (χ1) is 17.0. The summed E-state index contributed by atoms with van der Waals surface area (Å²) in [5.41, 5.74) is 9.13. The fourth-order valence-electron chi connectivity index (χ4n) is 5.77. The van der Waals surface area contributed by atoms with Crippen molar-refractivity contribution in [3.05, 3.63) is 53.3 Å². The number of nitrogens with two attached hydrogens (primary N) is 1. The number of rotatable bonds is 5. The molecular weight excluding hydrogens is 453 g/mol. The minimum absolute atomic E-state index is 0.0511. The highest BCUT2D eigenvalue weighted by atomic mass is 19.1. The zero-order chi connectivity index (χ0) is 24.2. The number of benzene rings is 2. The van der Waals surface area contributed by atoms with Gasteiger partial charge in [0.05, 0.1) is 17.6 Å². The number of nitrogens with zero attached hydrogens (tertiary/aromatic N) is 4. The van der Waals surface area contributed by atoms with Gasteiger partial charge in [-0.1, -0.05) is 0 Å². The van der Waals surface area contributed by atoms with Crippen LogP contribution in [-0.2, 0) is 5.41 Å². The van der Waals surface area contributed by atoms with Crippen LogP contribution < -0.4 is 10.5 Å². The summed E-state index contributed by atoms with van der Waals surface area (Å²) in [7, 11) is 0. The zero-order valence-corrected chi connectivity index (χ0v) is 18.9. The molecule has 6 rings (SSSR count). The predicted molar refractivity (Wildman–Crippen MR) is 125 cm³/mol. The van der Waals surface area contributed by atoms with Crippen molar-refractivity contribution in [3.8, 4) is 17.3 Å². The van der Waals surface area contributed by atoms with Gasteiger partial charge in [-0.05, 0) is 71.9 Å². The van der Waals surface area contributed by atoms with E-state index < -0.39 is 0 Å². The largest absolute Gasteiger partial charge is 0.491 e. The number of nitrogen functional groups attached to an aromatic ring is 1. The smallest absolute Gasteiger partial charge is 0.199 e. The summed E-state index contributed by atoms with van der Waals surface area (Å²) in [5, 5.41) is 16.7. The number of aliphatic hydroxyl groups excluding tert-OH is 1. The molecule has 10 heteroatoms. The molecule has 2 heterocycles. The lowest BCUT2D eigenvalue weighted by Crippen LogP contribution is -2.31. The number of Topliss-reactive ketones (excluding diaryl/α,β-unsaturated/α-hetero) is 1. The summed E-state index contributed by atoms with van der Waals surface area (Å²) in [4.78, 5) is 17.5. The molecule has 0 unspecified atom stereocenters. The predicted octanol–water partition coefficient (Wildman–Crippen LogP) is 3.82. The first-order valence-corrected chi connectivity index (χ1v) is 11.7. The molecule has 4 aromatic rings. The number of ketones is 1. The molecule has 35 heavy (non-hydrogen) atoms. The molecule has 0 atom stereocenters. The van der Waals surface area contributed by atoms with Crippen LogP contribution >= 0.6 is 0 Å². The number of anilines is 1. The van der Waals surface area contributed by atoms with Crippen molar-refractivity contribution < 1.29 is 23.7 Å². The highest BCUT2D eigenvalue weighted by Gasteiger charge is 2.46. The van der Waals surface area contributed by atoms with E-state index in [9.17, 15) is 9.18 Å². The van der Waals surface area contributed by atoms with Crippen LogP contribution in [0.4, 0.5) is 10.2 Å². The van der Waals surface area contributed by atoms with Gasteiger partial charge in [-0.25, -0.2) is 14.0 Å². The molecule has 2 aromatic heterocycles. The van der Waals surface area contributed by atoms with Crippen molar-refractivity contribution in [2.24, 2.45) is 0 Å². The summed E-state index contributed by atoms with van der Waals surface area (Å²) in [5.74, 6) is 1.06. The van der Waals surface area contributed by atoms with Crippen LogP contribution in [-0.4, -0.2) is 44.0 Å². The quantitative estimate of drug-likeness (QED) is 0.444. The van der Waals surface area contributed by atoms with Crippen LogP contribution in [0.2, 0.25) is 0 Å². The maximum Gasteiger partial charge on any atom is 0.199 e. The molecule has 1 saturated carbocycles. The van der Waals surface area contributed by atoms with E-state index in [2.05, 4.69) is 19.9 Å². The molecular formula is C25H24FN5O4. The van der Waals surface area contributed by atoms with E-state index in [1.165, 1.54) is 12.1 Å². The van der Waals surface area contributed by atoms with Gasteiger partial charge in [0.2, 0.25) is 0 Å². The number of ether oxygens (including phenoxy) is 1. The number of aliphatic hydroxyl groups is 1. The summed E-state index contributed by atoms with van der Waals surface area (Å²) >= 11 is 0. The fourth-order valence-corrected chi connectivity index (χ4v) is 5.77. The first kappa shape index (κ1) is 21.7. The lowest BCUT2D eigenvalue weighted by Gasteiger charge is -2.38. The molecule has 2 aliphatic carbocycles. The Labute approximate surface area is 199 Å². The molecule has 1 spiro atoms. The first-order valence-electron chi connectivity index (χ1n) is 11.7. The van der Waals surface area contributed by atoms with E-state index in [4.69, 9.17) is 20.2 Å². The Morgan fingerprint density at radius 1 is 1.20 bits per heavy atom. The van der Waals surface area contributed by atoms with Crippen molar-refractivity contribution in [1.29, 1.82) is 0 Å². The highest BCUT2D eigenvalue weighted by Crippen LogP contribution is 2.52. The Kier molecular flexibility index (Phi) is 5.06. The van der Waals surface area contributed by atoms with Crippen LogP contribution in [0.1, 0.15) is 54.1 Å². The molecule has 0 radical (unpaired) electrons. The average Bonchev–Trinajstić information content (AvgIpc) is 3.52. The molecule has 0 bridgehead atoms. The topological polar surface area (TPSA) is 129 Å². The van der Waals surface area contributed by atoms with Gasteiger partial charge in [-0.15, -0.1) is 0 Å². The summed E-state index contributed by atoms with van der Waals surface area (Å²) in [6, 6.07) is 10.2. The standard InChI is InChI=1S/C25H24FN5O4/c26-14-1-4-20-19(11-14)28-24(22-23(27)30-35-29-22)31(20)15-5-7-25(8-6-15)13-21(33)17-3-2-16(12-18(17)25)34-10-9-32/h1-4,11-12,15,32H,5-10,13H2,(H2,27,30). The van der Waals surface area contributed by atoms with Gasteiger partial charge in [-0.3, -0.25) is 4.79 Å². The Morgan fingerprint density at radius 3 is 2.77 bits per heavy atom.